The molecule has 0 saturated carbocycles. The van der Waals surface area contributed by atoms with E-state index in [0.717, 1.165) is 18.2 Å². The zero-order valence-corrected chi connectivity index (χ0v) is 12.0. The average Bonchev–Trinajstić information content (AvgIpc) is 2.40. The Kier molecular flexibility index (Phi) is 4.23. The van der Waals surface area contributed by atoms with Gasteiger partial charge in [-0.1, -0.05) is 0 Å². The molecule has 1 amide bonds. The van der Waals surface area contributed by atoms with Gasteiger partial charge in [-0.25, -0.2) is 9.18 Å². The van der Waals surface area contributed by atoms with Crippen LogP contribution in [-0.4, -0.2) is 22.1 Å². The summed E-state index contributed by atoms with van der Waals surface area (Å²) in [6.45, 7) is 0. The summed E-state index contributed by atoms with van der Waals surface area (Å²) >= 11 is 3.09. The zero-order chi connectivity index (χ0) is 15.6. The summed E-state index contributed by atoms with van der Waals surface area (Å²) in [5.41, 5.74) is 0.108. The molecule has 0 radical (unpaired) electrons. The highest BCUT2D eigenvalue weighted by atomic mass is 79.9. The number of carboxylic acid groups (broad SMARTS) is 1. The molecule has 2 aromatic carbocycles. The van der Waals surface area contributed by atoms with E-state index in [1.54, 1.807) is 0 Å². The minimum atomic E-state index is -1.15. The number of benzene rings is 2. The summed E-state index contributed by atoms with van der Waals surface area (Å²) in [5.74, 6) is -2.99. The first-order valence-corrected chi connectivity index (χ1v) is 6.50. The van der Waals surface area contributed by atoms with Crippen LogP contribution in [0.25, 0.3) is 0 Å². The molecule has 0 heterocycles. The second kappa shape index (κ2) is 5.92. The largest absolute Gasteiger partial charge is 0.507 e. The van der Waals surface area contributed by atoms with Crippen LogP contribution in [0.5, 0.6) is 5.75 Å². The van der Waals surface area contributed by atoms with Gasteiger partial charge in [-0.2, -0.15) is 0 Å². The molecule has 0 fully saturated rings. The minimum Gasteiger partial charge on any atom is -0.507 e. The Morgan fingerprint density at radius 2 is 1.81 bits per heavy atom. The SMILES string of the molecule is O=C(Nc1ccc(Br)c(C(=O)O)c1)c1ccc(F)cc1O. The molecule has 108 valence electrons. The highest BCUT2D eigenvalue weighted by Gasteiger charge is 2.14. The number of hydrogen-bond donors (Lipinski definition) is 3. The smallest absolute Gasteiger partial charge is 0.336 e. The normalized spacial score (nSPS) is 10.2. The minimum absolute atomic E-state index is 0.0175. The number of halogens is 2. The Morgan fingerprint density at radius 1 is 1.10 bits per heavy atom. The van der Waals surface area contributed by atoms with Crippen molar-refractivity contribution in [3.8, 4) is 5.75 Å². The fourth-order valence-electron chi connectivity index (χ4n) is 1.66. The van der Waals surface area contributed by atoms with Gasteiger partial charge in [-0.05, 0) is 46.3 Å². The van der Waals surface area contributed by atoms with Crippen molar-refractivity contribution in [2.45, 2.75) is 0 Å². The molecule has 0 saturated heterocycles. The topological polar surface area (TPSA) is 86.6 Å². The van der Waals surface area contributed by atoms with Crippen LogP contribution in [0, 0.1) is 5.82 Å². The van der Waals surface area contributed by atoms with Crippen LogP contribution in [0.15, 0.2) is 40.9 Å². The summed E-state index contributed by atoms with van der Waals surface area (Å²) in [6, 6.07) is 7.23. The number of aromatic hydroxyl groups is 1. The molecule has 0 atom stereocenters. The molecule has 21 heavy (non-hydrogen) atoms. The van der Waals surface area contributed by atoms with E-state index < -0.39 is 23.4 Å². The van der Waals surface area contributed by atoms with Crippen molar-refractivity contribution >= 4 is 33.5 Å². The number of phenols is 1. The third-order valence-electron chi connectivity index (χ3n) is 2.66. The Hall–Kier alpha value is -2.41. The molecule has 2 aromatic rings. The Bertz CT molecular complexity index is 733. The molecule has 2 rings (SSSR count). The van der Waals surface area contributed by atoms with Crippen molar-refractivity contribution in [1.82, 2.24) is 0 Å². The van der Waals surface area contributed by atoms with Crippen molar-refractivity contribution < 1.29 is 24.2 Å². The van der Waals surface area contributed by atoms with Crippen molar-refractivity contribution in [3.63, 3.8) is 0 Å². The molecule has 7 heteroatoms. The monoisotopic (exact) mass is 353 g/mol. The molecule has 0 aliphatic rings. The van der Waals surface area contributed by atoms with Gasteiger partial charge in [0.05, 0.1) is 11.1 Å². The van der Waals surface area contributed by atoms with Crippen molar-refractivity contribution in [1.29, 1.82) is 0 Å². The molecule has 0 aliphatic carbocycles. The second-order valence-corrected chi connectivity index (χ2v) is 4.97. The van der Waals surface area contributed by atoms with Crippen LogP contribution in [0.1, 0.15) is 20.7 Å². The second-order valence-electron chi connectivity index (χ2n) is 4.12. The van der Waals surface area contributed by atoms with Crippen molar-refractivity contribution in [2.75, 3.05) is 5.32 Å². The van der Waals surface area contributed by atoms with Gasteiger partial charge in [0, 0.05) is 16.2 Å². The Balaban J connectivity index is 2.27. The first kappa shape index (κ1) is 15.0. The molecule has 3 N–H and O–H groups in total. The third-order valence-corrected chi connectivity index (χ3v) is 3.35. The fourth-order valence-corrected chi connectivity index (χ4v) is 2.08. The van der Waals surface area contributed by atoms with Crippen LogP contribution in [0.3, 0.4) is 0 Å². The van der Waals surface area contributed by atoms with E-state index >= 15 is 0 Å². The number of anilines is 1. The molecule has 5 nitrogen and oxygen atoms in total. The maximum absolute atomic E-state index is 12.9. The van der Waals surface area contributed by atoms with Gasteiger partial charge in [-0.15, -0.1) is 0 Å². The number of carbonyl (C=O) groups is 2. The first-order valence-electron chi connectivity index (χ1n) is 5.71. The van der Waals surface area contributed by atoms with Gasteiger partial charge in [0.1, 0.15) is 11.6 Å². The lowest BCUT2D eigenvalue weighted by Crippen LogP contribution is -2.13. The van der Waals surface area contributed by atoms with Crippen LogP contribution < -0.4 is 5.32 Å². The molecule has 0 unspecified atom stereocenters. The molecular formula is C14H9BrFNO4. The highest BCUT2D eigenvalue weighted by molar-refractivity contribution is 9.10. The quantitative estimate of drug-likeness (QED) is 0.790. The van der Waals surface area contributed by atoms with E-state index in [4.69, 9.17) is 5.11 Å². The van der Waals surface area contributed by atoms with Crippen molar-refractivity contribution in [2.24, 2.45) is 0 Å². The number of carboxylic acids is 1. The third kappa shape index (κ3) is 3.38. The molecular weight excluding hydrogens is 345 g/mol. The lowest BCUT2D eigenvalue weighted by molar-refractivity contribution is 0.0695. The standard InChI is InChI=1S/C14H9BrFNO4/c15-11-4-2-8(6-10(11)14(20)21)17-13(19)9-3-1-7(16)5-12(9)18/h1-6,18H,(H,17,19)(H,20,21). The van der Waals surface area contributed by atoms with E-state index in [1.807, 2.05) is 0 Å². The zero-order valence-electron chi connectivity index (χ0n) is 10.4. The lowest BCUT2D eigenvalue weighted by Gasteiger charge is -2.08. The maximum Gasteiger partial charge on any atom is 0.336 e. The van der Waals surface area contributed by atoms with Crippen LogP contribution in [0.2, 0.25) is 0 Å². The van der Waals surface area contributed by atoms with Gasteiger partial charge in [0.25, 0.3) is 5.91 Å². The number of carbonyl (C=O) groups excluding carboxylic acids is 1. The summed E-state index contributed by atoms with van der Waals surface area (Å²) in [7, 11) is 0. The average molecular weight is 354 g/mol. The number of aromatic carboxylic acids is 1. The summed E-state index contributed by atoms with van der Waals surface area (Å²) in [4.78, 5) is 23.0. The Morgan fingerprint density at radius 3 is 2.43 bits per heavy atom. The van der Waals surface area contributed by atoms with Crippen LogP contribution >= 0.6 is 15.9 Å². The van der Waals surface area contributed by atoms with E-state index in [9.17, 15) is 19.1 Å². The molecule has 0 aromatic heterocycles. The van der Waals surface area contributed by atoms with Gasteiger partial charge >= 0.3 is 5.97 Å². The Labute approximate surface area is 127 Å². The van der Waals surface area contributed by atoms with Crippen LogP contribution in [0.4, 0.5) is 10.1 Å². The van der Waals surface area contributed by atoms with Crippen LogP contribution in [-0.2, 0) is 0 Å². The number of nitrogens with one attached hydrogen (secondary N) is 1. The summed E-state index contributed by atoms with van der Waals surface area (Å²) in [6.07, 6.45) is 0. The fraction of sp³-hybridized carbons (Fsp3) is 0. The van der Waals surface area contributed by atoms with Gasteiger partial charge in [0.2, 0.25) is 0 Å². The van der Waals surface area contributed by atoms with E-state index in [2.05, 4.69) is 21.2 Å². The summed E-state index contributed by atoms with van der Waals surface area (Å²) < 4.78 is 13.2. The maximum atomic E-state index is 12.9. The first-order chi connectivity index (χ1) is 9.88. The molecule has 0 aliphatic heterocycles. The predicted octanol–water partition coefficient (Wildman–Crippen LogP) is 3.24. The lowest BCUT2D eigenvalue weighted by atomic mass is 10.1. The summed E-state index contributed by atoms with van der Waals surface area (Å²) in [5, 5.41) is 21.0. The van der Waals surface area contributed by atoms with Crippen molar-refractivity contribution in [3.05, 3.63) is 57.8 Å². The molecule has 0 spiro atoms. The number of amides is 1. The highest BCUT2D eigenvalue weighted by Crippen LogP contribution is 2.23. The predicted molar refractivity (Wildman–Crippen MR) is 77.1 cm³/mol. The number of rotatable bonds is 3. The van der Waals surface area contributed by atoms with E-state index in [1.165, 1.54) is 18.2 Å². The number of hydrogen-bond acceptors (Lipinski definition) is 3. The van der Waals surface area contributed by atoms with E-state index in [-0.39, 0.29) is 16.8 Å². The van der Waals surface area contributed by atoms with Gasteiger partial charge in [-0.3, -0.25) is 4.79 Å². The van der Waals surface area contributed by atoms with Gasteiger partial charge < -0.3 is 15.5 Å². The van der Waals surface area contributed by atoms with Gasteiger partial charge in [0.15, 0.2) is 0 Å². The number of phenolic OH excluding ortho intramolecular Hbond substituents is 1. The molecule has 0 bridgehead atoms. The van der Waals surface area contributed by atoms with E-state index in [0.29, 0.717) is 4.47 Å².